The van der Waals surface area contributed by atoms with Crippen molar-refractivity contribution < 1.29 is 13.9 Å². The number of hydrogen-bond acceptors (Lipinski definition) is 4. The van der Waals surface area contributed by atoms with E-state index >= 15 is 0 Å². The van der Waals surface area contributed by atoms with E-state index in [-0.39, 0.29) is 23.9 Å². The summed E-state index contributed by atoms with van der Waals surface area (Å²) in [5.41, 5.74) is 2.53. The average molecular weight is 412 g/mol. The van der Waals surface area contributed by atoms with Crippen molar-refractivity contribution in [1.29, 1.82) is 0 Å². The molecule has 5 nitrogen and oxygen atoms in total. The van der Waals surface area contributed by atoms with E-state index in [0.717, 1.165) is 19.6 Å². The monoisotopic (exact) mass is 411 g/mol. The van der Waals surface area contributed by atoms with E-state index in [1.807, 2.05) is 40.1 Å². The van der Waals surface area contributed by atoms with Crippen LogP contribution in [0.5, 0.6) is 0 Å². The Labute approximate surface area is 178 Å². The Kier molecular flexibility index (Phi) is 6.35. The van der Waals surface area contributed by atoms with Gasteiger partial charge in [-0.3, -0.25) is 9.69 Å². The summed E-state index contributed by atoms with van der Waals surface area (Å²) in [6.07, 6.45) is 0.496. The van der Waals surface area contributed by atoms with Crippen LogP contribution in [0.15, 0.2) is 48.5 Å². The summed E-state index contributed by atoms with van der Waals surface area (Å²) in [7, 11) is 0. The molecule has 2 fully saturated rings. The van der Waals surface area contributed by atoms with Gasteiger partial charge < -0.3 is 14.5 Å². The van der Waals surface area contributed by atoms with Crippen LogP contribution in [0.25, 0.3) is 0 Å². The summed E-state index contributed by atoms with van der Waals surface area (Å²) >= 11 is 0. The van der Waals surface area contributed by atoms with Gasteiger partial charge in [-0.2, -0.15) is 0 Å². The van der Waals surface area contributed by atoms with Gasteiger partial charge in [-0.25, -0.2) is 4.39 Å². The molecule has 6 heteroatoms. The van der Waals surface area contributed by atoms with Gasteiger partial charge in [-0.15, -0.1) is 0 Å². The van der Waals surface area contributed by atoms with Crippen LogP contribution in [0, 0.1) is 5.82 Å². The van der Waals surface area contributed by atoms with E-state index in [0.29, 0.717) is 37.4 Å². The highest BCUT2D eigenvalue weighted by molar-refractivity contribution is 5.94. The number of anilines is 1. The number of rotatable bonds is 4. The number of carbonyl (C=O) groups is 1. The molecule has 0 aliphatic carbocycles. The van der Waals surface area contributed by atoms with Gasteiger partial charge in [-0.05, 0) is 43.7 Å². The minimum atomic E-state index is -0.211. The number of nitrogens with zero attached hydrogens (tertiary/aromatic N) is 3. The fourth-order valence-corrected chi connectivity index (χ4v) is 4.47. The van der Waals surface area contributed by atoms with Crippen LogP contribution in [0.2, 0.25) is 0 Å². The van der Waals surface area contributed by atoms with E-state index in [2.05, 4.69) is 18.7 Å². The highest BCUT2D eigenvalue weighted by Crippen LogP contribution is 2.21. The third-order valence-corrected chi connectivity index (χ3v) is 5.86. The van der Waals surface area contributed by atoms with E-state index in [4.69, 9.17) is 4.74 Å². The van der Waals surface area contributed by atoms with Crippen molar-refractivity contribution in [3.05, 3.63) is 65.5 Å². The Bertz CT molecular complexity index is 855. The molecule has 0 saturated carbocycles. The lowest BCUT2D eigenvalue weighted by molar-refractivity contribution is -0.0704. The molecule has 2 aliphatic rings. The summed E-state index contributed by atoms with van der Waals surface area (Å²) in [5.74, 6) is -0.166. The molecule has 4 rings (SSSR count). The van der Waals surface area contributed by atoms with Gasteiger partial charge in [0.2, 0.25) is 0 Å². The SMILES string of the molecule is CC1CN(Cc2ccc(C(=O)N3CCN(c4ccccc4F)CC3)cc2)CC(C)O1. The predicted molar refractivity (Wildman–Crippen MR) is 116 cm³/mol. The zero-order chi connectivity index (χ0) is 21.1. The van der Waals surface area contributed by atoms with E-state index in [1.54, 1.807) is 12.1 Å². The van der Waals surface area contributed by atoms with Gasteiger partial charge in [-0.1, -0.05) is 24.3 Å². The number of ether oxygens (including phenoxy) is 1. The molecule has 0 radical (unpaired) electrons. The molecule has 1 amide bonds. The second kappa shape index (κ2) is 9.14. The first-order valence-electron chi connectivity index (χ1n) is 10.7. The van der Waals surface area contributed by atoms with Crippen molar-refractivity contribution in [2.45, 2.75) is 32.6 Å². The van der Waals surface area contributed by atoms with Crippen LogP contribution in [0.4, 0.5) is 10.1 Å². The zero-order valence-corrected chi connectivity index (χ0v) is 17.8. The number of amides is 1. The van der Waals surface area contributed by atoms with E-state index in [9.17, 15) is 9.18 Å². The fourth-order valence-electron chi connectivity index (χ4n) is 4.47. The minimum Gasteiger partial charge on any atom is -0.373 e. The normalized spacial score (nSPS) is 22.9. The Hall–Kier alpha value is -2.44. The lowest BCUT2D eigenvalue weighted by atomic mass is 10.1. The van der Waals surface area contributed by atoms with Gasteiger partial charge in [0.05, 0.1) is 17.9 Å². The minimum absolute atomic E-state index is 0.0448. The molecule has 2 saturated heterocycles. The highest BCUT2D eigenvalue weighted by atomic mass is 19.1. The molecule has 0 N–H and O–H groups in total. The second-order valence-corrected chi connectivity index (χ2v) is 8.38. The van der Waals surface area contributed by atoms with E-state index in [1.165, 1.54) is 11.6 Å². The molecule has 2 aromatic rings. The topological polar surface area (TPSA) is 36.0 Å². The smallest absolute Gasteiger partial charge is 0.253 e. The Balaban J connectivity index is 1.32. The lowest BCUT2D eigenvalue weighted by Gasteiger charge is -2.36. The molecule has 2 aliphatic heterocycles. The van der Waals surface area contributed by atoms with Gasteiger partial charge in [0.1, 0.15) is 5.82 Å². The molecule has 2 aromatic carbocycles. The maximum atomic E-state index is 14.0. The van der Waals surface area contributed by atoms with E-state index < -0.39 is 0 Å². The average Bonchev–Trinajstić information content (AvgIpc) is 2.74. The van der Waals surface area contributed by atoms with Crippen LogP contribution in [-0.2, 0) is 11.3 Å². The number of halogens is 1. The van der Waals surface area contributed by atoms with Gasteiger partial charge in [0.15, 0.2) is 0 Å². The van der Waals surface area contributed by atoms with Crippen LogP contribution in [0.3, 0.4) is 0 Å². The zero-order valence-electron chi connectivity index (χ0n) is 17.8. The third kappa shape index (κ3) is 4.82. The first-order valence-corrected chi connectivity index (χ1v) is 10.7. The van der Waals surface area contributed by atoms with Crippen molar-refractivity contribution in [3.63, 3.8) is 0 Å². The molecule has 2 unspecified atom stereocenters. The second-order valence-electron chi connectivity index (χ2n) is 8.38. The number of morpholine rings is 1. The van der Waals surface area contributed by atoms with Gasteiger partial charge >= 0.3 is 0 Å². The number of para-hydroxylation sites is 1. The first-order chi connectivity index (χ1) is 14.5. The Morgan fingerprint density at radius 1 is 0.967 bits per heavy atom. The summed E-state index contributed by atoms with van der Waals surface area (Å²) in [4.78, 5) is 19.2. The van der Waals surface area contributed by atoms with Gasteiger partial charge in [0.25, 0.3) is 5.91 Å². The van der Waals surface area contributed by atoms with Crippen LogP contribution in [-0.4, -0.2) is 67.2 Å². The van der Waals surface area contributed by atoms with Crippen molar-refractivity contribution in [2.24, 2.45) is 0 Å². The molecule has 0 spiro atoms. The molecular weight excluding hydrogens is 381 g/mol. The molecule has 160 valence electrons. The van der Waals surface area contributed by atoms with Crippen LogP contribution < -0.4 is 4.90 Å². The van der Waals surface area contributed by atoms with Crippen molar-refractivity contribution in [1.82, 2.24) is 9.80 Å². The number of benzene rings is 2. The molecule has 0 bridgehead atoms. The third-order valence-electron chi connectivity index (χ3n) is 5.86. The van der Waals surface area contributed by atoms with Crippen molar-refractivity contribution >= 4 is 11.6 Å². The fraction of sp³-hybridized carbons (Fsp3) is 0.458. The van der Waals surface area contributed by atoms with Gasteiger partial charge in [0, 0.05) is 51.4 Å². The van der Waals surface area contributed by atoms with Crippen LogP contribution >= 0.6 is 0 Å². The predicted octanol–water partition coefficient (Wildman–Crippen LogP) is 3.40. The number of piperazine rings is 1. The highest BCUT2D eigenvalue weighted by Gasteiger charge is 2.24. The summed E-state index contributed by atoms with van der Waals surface area (Å²) in [6.45, 7) is 9.41. The molecule has 0 aromatic heterocycles. The molecule has 2 heterocycles. The van der Waals surface area contributed by atoms with Crippen molar-refractivity contribution in [3.8, 4) is 0 Å². The Morgan fingerprint density at radius 3 is 2.23 bits per heavy atom. The number of carbonyl (C=O) groups excluding carboxylic acids is 1. The maximum Gasteiger partial charge on any atom is 0.253 e. The summed E-state index contributed by atoms with van der Waals surface area (Å²) < 4.78 is 19.8. The summed E-state index contributed by atoms with van der Waals surface area (Å²) in [5, 5.41) is 0. The standard InChI is InChI=1S/C24H30FN3O2/c1-18-15-26(16-19(2)30-18)17-20-7-9-21(10-8-20)24(29)28-13-11-27(12-14-28)23-6-4-3-5-22(23)25/h3-10,18-19H,11-17H2,1-2H3. The largest absolute Gasteiger partial charge is 0.373 e. The summed E-state index contributed by atoms with van der Waals surface area (Å²) in [6, 6.07) is 14.8. The number of hydrogen-bond donors (Lipinski definition) is 0. The molecule has 2 atom stereocenters. The molecular formula is C24H30FN3O2. The molecule has 30 heavy (non-hydrogen) atoms. The quantitative estimate of drug-likeness (QED) is 0.773. The lowest BCUT2D eigenvalue weighted by Crippen LogP contribution is -2.49. The Morgan fingerprint density at radius 2 is 1.60 bits per heavy atom. The van der Waals surface area contributed by atoms with Crippen LogP contribution in [0.1, 0.15) is 29.8 Å². The maximum absolute atomic E-state index is 14.0. The van der Waals surface area contributed by atoms with Crippen molar-refractivity contribution in [2.75, 3.05) is 44.2 Å². The first kappa shape index (κ1) is 20.8.